The summed E-state index contributed by atoms with van der Waals surface area (Å²) in [7, 11) is 0. The van der Waals surface area contributed by atoms with Crippen molar-refractivity contribution >= 4 is 23.2 Å². The summed E-state index contributed by atoms with van der Waals surface area (Å²) in [4.78, 5) is 4.41. The Morgan fingerprint density at radius 1 is 1.38 bits per heavy atom. The number of rotatable bonds is 3. The van der Waals surface area contributed by atoms with Crippen molar-refractivity contribution in [3.05, 3.63) is 41.2 Å². The second-order valence-corrected chi connectivity index (χ2v) is 4.00. The van der Waals surface area contributed by atoms with E-state index in [4.69, 9.17) is 11.6 Å². The van der Waals surface area contributed by atoms with Gasteiger partial charge in [0.1, 0.15) is 0 Å². The van der Waals surface area contributed by atoms with E-state index in [2.05, 4.69) is 21.8 Å². The van der Waals surface area contributed by atoms with E-state index in [0.29, 0.717) is 5.02 Å². The molecule has 0 aliphatic rings. The van der Waals surface area contributed by atoms with Crippen molar-refractivity contribution in [2.24, 2.45) is 0 Å². The number of nitrogens with one attached hydrogen (secondary N) is 1. The van der Waals surface area contributed by atoms with Gasteiger partial charge in [0.2, 0.25) is 5.95 Å². The fourth-order valence-electron chi connectivity index (χ4n) is 1.57. The van der Waals surface area contributed by atoms with Crippen LogP contribution < -0.4 is 5.32 Å². The molecule has 0 amide bonds. The van der Waals surface area contributed by atoms with Crippen LogP contribution in [0.25, 0.3) is 0 Å². The van der Waals surface area contributed by atoms with E-state index in [9.17, 15) is 0 Å². The molecule has 0 radical (unpaired) electrons. The first-order chi connectivity index (χ1) is 7.70. The average molecular weight is 236 g/mol. The highest BCUT2D eigenvalue weighted by molar-refractivity contribution is 6.33. The van der Waals surface area contributed by atoms with Crippen LogP contribution in [0.15, 0.2) is 30.5 Å². The second kappa shape index (κ2) is 4.58. The Bertz CT molecular complexity index is 491. The maximum atomic E-state index is 6.08. The molecule has 0 aliphatic heterocycles. The zero-order chi connectivity index (χ0) is 11.5. The van der Waals surface area contributed by atoms with Gasteiger partial charge in [-0.2, -0.15) is 0 Å². The maximum absolute atomic E-state index is 6.08. The zero-order valence-corrected chi connectivity index (χ0v) is 10.1. The first-order valence-corrected chi connectivity index (χ1v) is 5.64. The van der Waals surface area contributed by atoms with Gasteiger partial charge in [0.25, 0.3) is 0 Å². The Balaban J connectivity index is 2.30. The minimum absolute atomic E-state index is 0.700. The van der Waals surface area contributed by atoms with Gasteiger partial charge in [0.15, 0.2) is 0 Å². The van der Waals surface area contributed by atoms with Crippen molar-refractivity contribution in [1.29, 1.82) is 0 Å². The third-order valence-corrected chi connectivity index (χ3v) is 2.69. The summed E-state index contributed by atoms with van der Waals surface area (Å²) in [6.07, 6.45) is 2.01. The largest absolute Gasteiger partial charge is 0.324 e. The molecule has 1 aromatic heterocycles. The van der Waals surface area contributed by atoms with E-state index in [1.165, 1.54) is 0 Å². The molecule has 2 aromatic rings. The fraction of sp³-hybridized carbons (Fsp3) is 0.250. The van der Waals surface area contributed by atoms with Crippen LogP contribution in [0.5, 0.6) is 0 Å². The summed E-state index contributed by atoms with van der Waals surface area (Å²) in [5, 5.41) is 3.93. The predicted octanol–water partition coefficient (Wildman–Crippen LogP) is 3.61. The lowest BCUT2D eigenvalue weighted by Gasteiger charge is -2.08. The molecule has 1 N–H and O–H groups in total. The number of benzene rings is 1. The van der Waals surface area contributed by atoms with Gasteiger partial charge in [-0.3, -0.25) is 0 Å². The summed E-state index contributed by atoms with van der Waals surface area (Å²) >= 11 is 6.08. The summed E-state index contributed by atoms with van der Waals surface area (Å²) in [6.45, 7) is 4.94. The number of anilines is 2. The van der Waals surface area contributed by atoms with Crippen LogP contribution in [0.3, 0.4) is 0 Å². The van der Waals surface area contributed by atoms with E-state index < -0.39 is 0 Å². The molecule has 0 unspecified atom stereocenters. The average Bonchev–Trinajstić information content (AvgIpc) is 2.62. The van der Waals surface area contributed by atoms with Crippen LogP contribution in [0, 0.1) is 6.92 Å². The molecule has 2 rings (SSSR count). The monoisotopic (exact) mass is 235 g/mol. The van der Waals surface area contributed by atoms with Crippen LogP contribution in [-0.2, 0) is 6.54 Å². The summed E-state index contributed by atoms with van der Waals surface area (Å²) < 4.78 is 2.05. The van der Waals surface area contributed by atoms with E-state index in [1.807, 2.05) is 37.4 Å². The highest BCUT2D eigenvalue weighted by Gasteiger charge is 2.05. The van der Waals surface area contributed by atoms with Gasteiger partial charge in [-0.1, -0.05) is 23.7 Å². The molecular weight excluding hydrogens is 222 g/mol. The Hall–Kier alpha value is -1.48. The topological polar surface area (TPSA) is 29.9 Å². The van der Waals surface area contributed by atoms with Crippen LogP contribution in [0.2, 0.25) is 5.02 Å². The Morgan fingerprint density at radius 2 is 2.12 bits per heavy atom. The molecule has 0 saturated heterocycles. The highest BCUT2D eigenvalue weighted by atomic mass is 35.5. The maximum Gasteiger partial charge on any atom is 0.207 e. The third kappa shape index (κ3) is 2.19. The summed E-state index contributed by atoms with van der Waals surface area (Å²) in [5.74, 6) is 0.827. The van der Waals surface area contributed by atoms with E-state index in [0.717, 1.165) is 23.9 Å². The molecular formula is C12H14ClN3. The number of hydrogen-bond donors (Lipinski definition) is 1. The quantitative estimate of drug-likeness (QED) is 0.881. The molecule has 0 fully saturated rings. The van der Waals surface area contributed by atoms with Crippen molar-refractivity contribution < 1.29 is 0 Å². The van der Waals surface area contributed by atoms with Gasteiger partial charge in [-0.25, -0.2) is 4.98 Å². The van der Waals surface area contributed by atoms with Gasteiger partial charge in [0, 0.05) is 12.7 Å². The molecule has 0 spiro atoms. The minimum Gasteiger partial charge on any atom is -0.324 e. The van der Waals surface area contributed by atoms with Crippen molar-refractivity contribution in [1.82, 2.24) is 9.55 Å². The molecule has 0 atom stereocenters. The molecule has 0 saturated carbocycles. The lowest BCUT2D eigenvalue weighted by Crippen LogP contribution is -2.01. The number of aromatic nitrogens is 2. The van der Waals surface area contributed by atoms with Gasteiger partial charge in [-0.05, 0) is 26.0 Å². The first-order valence-electron chi connectivity index (χ1n) is 5.26. The molecule has 1 heterocycles. The van der Waals surface area contributed by atoms with Crippen LogP contribution >= 0.6 is 11.6 Å². The third-order valence-electron chi connectivity index (χ3n) is 2.36. The Labute approximate surface area is 100 Å². The van der Waals surface area contributed by atoms with Crippen LogP contribution in [-0.4, -0.2) is 9.55 Å². The Kier molecular flexibility index (Phi) is 3.15. The normalized spacial score (nSPS) is 10.4. The van der Waals surface area contributed by atoms with Crippen LogP contribution in [0.1, 0.15) is 12.6 Å². The molecule has 16 heavy (non-hydrogen) atoms. The number of halogens is 1. The number of imidazole rings is 1. The summed E-state index contributed by atoms with van der Waals surface area (Å²) in [6, 6.07) is 7.65. The number of nitrogens with zero attached hydrogens (tertiary/aromatic N) is 2. The van der Waals surface area contributed by atoms with Gasteiger partial charge in [0.05, 0.1) is 16.4 Å². The molecule has 84 valence electrons. The second-order valence-electron chi connectivity index (χ2n) is 3.60. The van der Waals surface area contributed by atoms with Crippen molar-refractivity contribution in [2.45, 2.75) is 20.4 Å². The van der Waals surface area contributed by atoms with E-state index in [1.54, 1.807) is 0 Å². The molecule has 0 bridgehead atoms. The van der Waals surface area contributed by atoms with Crippen molar-refractivity contribution in [3.8, 4) is 0 Å². The first kappa shape index (κ1) is 11.0. The molecule has 3 nitrogen and oxygen atoms in total. The molecule has 1 aromatic carbocycles. The van der Waals surface area contributed by atoms with Crippen LogP contribution in [0.4, 0.5) is 11.6 Å². The fourth-order valence-corrected chi connectivity index (χ4v) is 1.75. The van der Waals surface area contributed by atoms with Crippen molar-refractivity contribution in [2.75, 3.05) is 5.32 Å². The summed E-state index contributed by atoms with van der Waals surface area (Å²) in [5.41, 5.74) is 1.88. The standard InChI is InChI=1S/C12H14ClN3/c1-3-16-8-9(2)14-12(16)15-11-7-5-4-6-10(11)13/h4-8H,3H2,1-2H3,(H,14,15). The number of para-hydroxylation sites is 1. The van der Waals surface area contributed by atoms with E-state index in [-0.39, 0.29) is 0 Å². The predicted molar refractivity (Wildman–Crippen MR) is 67.4 cm³/mol. The lowest BCUT2D eigenvalue weighted by atomic mass is 10.3. The SMILES string of the molecule is CCn1cc(C)nc1Nc1ccccc1Cl. The number of hydrogen-bond acceptors (Lipinski definition) is 2. The van der Waals surface area contributed by atoms with Gasteiger partial charge in [-0.15, -0.1) is 0 Å². The van der Waals surface area contributed by atoms with Crippen molar-refractivity contribution in [3.63, 3.8) is 0 Å². The smallest absolute Gasteiger partial charge is 0.207 e. The lowest BCUT2D eigenvalue weighted by molar-refractivity contribution is 0.771. The number of aryl methyl sites for hydroxylation is 2. The van der Waals surface area contributed by atoms with Gasteiger partial charge < -0.3 is 9.88 Å². The zero-order valence-electron chi connectivity index (χ0n) is 9.37. The highest BCUT2D eigenvalue weighted by Crippen LogP contribution is 2.24. The van der Waals surface area contributed by atoms with E-state index >= 15 is 0 Å². The molecule has 4 heteroatoms. The van der Waals surface area contributed by atoms with Gasteiger partial charge >= 0.3 is 0 Å². The minimum atomic E-state index is 0.700. The Morgan fingerprint density at radius 3 is 2.81 bits per heavy atom. The molecule has 0 aliphatic carbocycles.